The fraction of sp³-hybridized carbons (Fsp3) is 0.471. The number of hydrogen-bond donors (Lipinski definition) is 0. The number of nitrogens with zero attached hydrogens (tertiary/aromatic N) is 4. The van der Waals surface area contributed by atoms with E-state index in [4.69, 9.17) is 0 Å². The van der Waals surface area contributed by atoms with Crippen LogP contribution in [-0.4, -0.2) is 32.5 Å². The first-order valence-electron chi connectivity index (χ1n) is 8.13. The smallest absolute Gasteiger partial charge is 0.237 e. The fourth-order valence-electron chi connectivity index (χ4n) is 3.90. The minimum absolute atomic E-state index is 0.180. The Bertz CT molecular complexity index is 729. The number of carbonyl (C=O) groups excluding carboxylic acids is 1. The molecule has 0 saturated heterocycles. The summed E-state index contributed by atoms with van der Waals surface area (Å²) in [5, 5.41) is 8.69. The second-order valence-electron chi connectivity index (χ2n) is 6.29. The molecule has 120 valence electrons. The van der Waals surface area contributed by atoms with Gasteiger partial charge in [0.2, 0.25) is 5.91 Å². The zero-order valence-electron chi connectivity index (χ0n) is 13.2. The van der Waals surface area contributed by atoms with Crippen molar-refractivity contribution in [1.82, 2.24) is 14.8 Å². The maximum Gasteiger partial charge on any atom is 0.237 e. The summed E-state index contributed by atoms with van der Waals surface area (Å²) in [5.74, 6) is 1.10. The van der Waals surface area contributed by atoms with Crippen molar-refractivity contribution in [1.29, 1.82) is 0 Å². The van der Waals surface area contributed by atoms with Crippen molar-refractivity contribution in [3.05, 3.63) is 36.2 Å². The molecule has 1 aromatic heterocycles. The SMILES string of the molecule is Cn1cnnc1SCC(=O)N1c2ccccc2C2CCCCC21. The van der Waals surface area contributed by atoms with Crippen molar-refractivity contribution in [3.63, 3.8) is 0 Å². The summed E-state index contributed by atoms with van der Waals surface area (Å²) in [6, 6.07) is 8.76. The van der Waals surface area contributed by atoms with Gasteiger partial charge in [0.1, 0.15) is 6.33 Å². The summed E-state index contributed by atoms with van der Waals surface area (Å²) in [7, 11) is 1.90. The minimum Gasteiger partial charge on any atom is -0.312 e. The number of amides is 1. The molecule has 2 aliphatic rings. The van der Waals surface area contributed by atoms with E-state index in [-0.39, 0.29) is 5.91 Å². The molecule has 4 rings (SSSR count). The first-order chi connectivity index (χ1) is 11.3. The van der Waals surface area contributed by atoms with E-state index in [1.54, 1.807) is 6.33 Å². The fourth-order valence-corrected chi connectivity index (χ4v) is 4.65. The first kappa shape index (κ1) is 14.8. The Morgan fingerprint density at radius 1 is 1.30 bits per heavy atom. The van der Waals surface area contributed by atoms with E-state index in [1.165, 1.54) is 36.6 Å². The highest BCUT2D eigenvalue weighted by Gasteiger charge is 2.42. The van der Waals surface area contributed by atoms with Crippen LogP contribution in [0.3, 0.4) is 0 Å². The topological polar surface area (TPSA) is 51.0 Å². The molecule has 1 fully saturated rings. The highest BCUT2D eigenvalue weighted by Crippen LogP contribution is 2.47. The molecule has 1 aliphatic carbocycles. The zero-order chi connectivity index (χ0) is 15.8. The van der Waals surface area contributed by atoms with Crippen LogP contribution in [0.2, 0.25) is 0 Å². The van der Waals surface area contributed by atoms with Crippen LogP contribution < -0.4 is 4.90 Å². The van der Waals surface area contributed by atoms with Gasteiger partial charge in [0.25, 0.3) is 0 Å². The van der Waals surface area contributed by atoms with Gasteiger partial charge >= 0.3 is 0 Å². The lowest BCUT2D eigenvalue weighted by Crippen LogP contribution is -2.41. The lowest BCUT2D eigenvalue weighted by atomic mass is 9.82. The third-order valence-corrected chi connectivity index (χ3v) is 5.94. The van der Waals surface area contributed by atoms with Crippen LogP contribution in [0.15, 0.2) is 35.7 Å². The van der Waals surface area contributed by atoms with Crippen LogP contribution >= 0.6 is 11.8 Å². The summed E-state index contributed by atoms with van der Waals surface area (Å²) < 4.78 is 1.85. The summed E-state index contributed by atoms with van der Waals surface area (Å²) in [6.45, 7) is 0. The van der Waals surface area contributed by atoms with Gasteiger partial charge < -0.3 is 9.47 Å². The number of fused-ring (bicyclic) bond motifs is 3. The molecule has 23 heavy (non-hydrogen) atoms. The molecule has 2 unspecified atom stereocenters. The molecule has 6 heteroatoms. The van der Waals surface area contributed by atoms with Crippen molar-refractivity contribution in [2.75, 3.05) is 10.7 Å². The van der Waals surface area contributed by atoms with Gasteiger partial charge in [0.15, 0.2) is 5.16 Å². The van der Waals surface area contributed by atoms with Gasteiger partial charge in [-0.05, 0) is 24.5 Å². The van der Waals surface area contributed by atoms with Crippen molar-refractivity contribution < 1.29 is 4.79 Å². The van der Waals surface area contributed by atoms with Crippen LogP contribution in [-0.2, 0) is 11.8 Å². The zero-order valence-corrected chi connectivity index (χ0v) is 14.0. The summed E-state index contributed by atoms with van der Waals surface area (Å²) in [6.07, 6.45) is 6.46. The highest BCUT2D eigenvalue weighted by molar-refractivity contribution is 7.99. The third kappa shape index (κ3) is 2.55. The summed E-state index contributed by atoms with van der Waals surface area (Å²) >= 11 is 1.46. The van der Waals surface area contributed by atoms with Gasteiger partial charge in [-0.3, -0.25) is 4.79 Å². The van der Waals surface area contributed by atoms with Crippen molar-refractivity contribution in [3.8, 4) is 0 Å². The number of para-hydroxylation sites is 1. The van der Waals surface area contributed by atoms with Crippen molar-refractivity contribution >= 4 is 23.4 Å². The molecular formula is C17H20N4OS. The predicted octanol–water partition coefficient (Wildman–Crippen LogP) is 2.98. The number of benzene rings is 1. The molecule has 0 N–H and O–H groups in total. The maximum atomic E-state index is 12.9. The molecule has 0 radical (unpaired) electrons. The number of carbonyl (C=O) groups is 1. The highest BCUT2D eigenvalue weighted by atomic mass is 32.2. The average Bonchev–Trinajstić information content (AvgIpc) is 3.14. The normalized spacial score (nSPS) is 22.7. The predicted molar refractivity (Wildman–Crippen MR) is 90.7 cm³/mol. The van der Waals surface area contributed by atoms with E-state index in [0.717, 1.165) is 17.3 Å². The molecule has 2 heterocycles. The number of thioether (sulfide) groups is 1. The van der Waals surface area contributed by atoms with E-state index >= 15 is 0 Å². The van der Waals surface area contributed by atoms with E-state index in [0.29, 0.717) is 17.7 Å². The number of anilines is 1. The van der Waals surface area contributed by atoms with E-state index in [9.17, 15) is 4.79 Å². The molecule has 1 aliphatic heterocycles. The first-order valence-corrected chi connectivity index (χ1v) is 9.12. The van der Waals surface area contributed by atoms with Crippen molar-refractivity contribution in [2.45, 2.75) is 42.8 Å². The molecule has 1 aromatic carbocycles. The lowest BCUT2D eigenvalue weighted by Gasteiger charge is -2.32. The average molecular weight is 328 g/mol. The summed E-state index contributed by atoms with van der Waals surface area (Å²) in [5.41, 5.74) is 2.47. The quantitative estimate of drug-likeness (QED) is 0.813. The number of rotatable bonds is 3. The van der Waals surface area contributed by atoms with Gasteiger partial charge in [0, 0.05) is 24.7 Å². The largest absolute Gasteiger partial charge is 0.312 e. The minimum atomic E-state index is 0.180. The van der Waals surface area contributed by atoms with Gasteiger partial charge in [-0.1, -0.05) is 42.8 Å². The van der Waals surface area contributed by atoms with E-state index in [2.05, 4.69) is 33.3 Å². The van der Waals surface area contributed by atoms with Gasteiger partial charge in [-0.25, -0.2) is 0 Å². The molecule has 0 bridgehead atoms. The molecule has 1 saturated carbocycles. The Morgan fingerprint density at radius 2 is 2.13 bits per heavy atom. The van der Waals surface area contributed by atoms with Crippen molar-refractivity contribution in [2.24, 2.45) is 7.05 Å². The van der Waals surface area contributed by atoms with Gasteiger partial charge in [0.05, 0.1) is 5.75 Å². The van der Waals surface area contributed by atoms with Crippen LogP contribution in [0.5, 0.6) is 0 Å². The Labute approximate surface area is 140 Å². The van der Waals surface area contributed by atoms with Crippen LogP contribution in [0, 0.1) is 0 Å². The monoisotopic (exact) mass is 328 g/mol. The molecule has 5 nitrogen and oxygen atoms in total. The Balaban J connectivity index is 1.57. The second kappa shape index (κ2) is 6.00. The van der Waals surface area contributed by atoms with Gasteiger partial charge in [-0.15, -0.1) is 10.2 Å². The number of aromatic nitrogens is 3. The van der Waals surface area contributed by atoms with E-state index < -0.39 is 0 Å². The maximum absolute atomic E-state index is 12.9. The Morgan fingerprint density at radius 3 is 2.96 bits per heavy atom. The number of hydrogen-bond acceptors (Lipinski definition) is 4. The Kier molecular flexibility index (Phi) is 3.85. The molecule has 2 aromatic rings. The van der Waals surface area contributed by atoms with Crippen LogP contribution in [0.1, 0.15) is 37.2 Å². The second-order valence-corrected chi connectivity index (χ2v) is 7.24. The molecule has 0 spiro atoms. The van der Waals surface area contributed by atoms with Crippen LogP contribution in [0.4, 0.5) is 5.69 Å². The molecular weight excluding hydrogens is 308 g/mol. The standard InChI is InChI=1S/C17H20N4OS/c1-20-11-18-19-17(20)23-10-16(22)21-14-8-4-2-6-12(14)13-7-3-5-9-15(13)21/h2,4,6,8,11,13,15H,3,5,7,9-10H2,1H3. The lowest BCUT2D eigenvalue weighted by molar-refractivity contribution is -0.116. The molecule has 2 atom stereocenters. The Hall–Kier alpha value is -1.82. The third-order valence-electron chi connectivity index (χ3n) is 4.92. The van der Waals surface area contributed by atoms with E-state index in [1.807, 2.05) is 17.7 Å². The summed E-state index contributed by atoms with van der Waals surface area (Å²) in [4.78, 5) is 15.0. The molecule has 1 amide bonds. The number of aryl methyl sites for hydroxylation is 1. The van der Waals surface area contributed by atoms with Crippen LogP contribution in [0.25, 0.3) is 0 Å². The van der Waals surface area contributed by atoms with Gasteiger partial charge in [-0.2, -0.15) is 0 Å².